The highest BCUT2D eigenvalue weighted by molar-refractivity contribution is 7.94. The highest BCUT2D eigenvalue weighted by Crippen LogP contribution is 2.57. The number of ether oxygens (including phenoxy) is 2. The molecule has 42 heavy (non-hydrogen) atoms. The van der Waals surface area contributed by atoms with Crippen LogP contribution in [0, 0.1) is 0 Å². The minimum Gasteiger partial charge on any atom is -0.457 e. The van der Waals surface area contributed by atoms with E-state index in [0.717, 1.165) is 30.6 Å². The lowest BCUT2D eigenvalue weighted by molar-refractivity contribution is 0.158. The van der Waals surface area contributed by atoms with Gasteiger partial charge in [0.1, 0.15) is 23.0 Å². The number of rotatable bonds is 16. The van der Waals surface area contributed by atoms with Gasteiger partial charge >= 0.3 is 7.60 Å². The number of benzene rings is 3. The van der Waals surface area contributed by atoms with E-state index in [-0.39, 0.29) is 19.6 Å². The molecule has 0 saturated heterocycles. The summed E-state index contributed by atoms with van der Waals surface area (Å²) in [6.07, 6.45) is 4.94. The van der Waals surface area contributed by atoms with Gasteiger partial charge in [0.05, 0.1) is 19.3 Å². The zero-order valence-electron chi connectivity index (χ0n) is 24.4. The molecule has 0 N–H and O–H groups in total. The van der Waals surface area contributed by atoms with Crippen LogP contribution in [0.4, 0.5) is 0 Å². The molecule has 1 aliphatic rings. The van der Waals surface area contributed by atoms with Crippen LogP contribution >= 0.6 is 7.60 Å². The maximum Gasteiger partial charge on any atom is 0.351 e. The van der Waals surface area contributed by atoms with Crippen molar-refractivity contribution in [2.75, 3.05) is 13.2 Å². The number of para-hydroxylation sites is 1. The van der Waals surface area contributed by atoms with Crippen LogP contribution in [0.2, 0.25) is 0 Å². The Morgan fingerprint density at radius 1 is 0.762 bits per heavy atom. The van der Waals surface area contributed by atoms with Gasteiger partial charge in [-0.3, -0.25) is 8.75 Å². The van der Waals surface area contributed by atoms with Gasteiger partial charge in [0.25, 0.3) is 10.1 Å². The Morgan fingerprint density at radius 3 is 1.95 bits per heavy atom. The second kappa shape index (κ2) is 15.7. The van der Waals surface area contributed by atoms with Crippen LogP contribution in [0.3, 0.4) is 0 Å². The SMILES string of the molecule is CCOP(=O)(OCC)C(CCCc1cccc(Oc2ccc(Oc3ccccc3)cc2)c1)S(=O)(=O)OC1CCCCC1. The summed E-state index contributed by atoms with van der Waals surface area (Å²) in [7, 11) is -8.17. The molecular formula is C32H41O8PS. The third kappa shape index (κ3) is 9.41. The molecule has 3 aromatic rings. The molecule has 1 unspecified atom stereocenters. The standard InChI is InChI=1S/C32H41O8PS/c1-3-36-41(33,37-4-2)32(42(34,35)40-30-17-9-6-10-18-30)20-12-14-26-13-11-19-31(25-26)39-29-23-21-28(22-24-29)38-27-15-7-5-8-16-27/h5,7-8,11,13,15-16,19,21-25,30,32H,3-4,6,9-10,12,14,17-18,20H2,1-2H3. The second-order valence-corrected chi connectivity index (χ2v) is 14.5. The number of hydrogen-bond donors (Lipinski definition) is 0. The topological polar surface area (TPSA) is 97.4 Å². The number of aryl methyl sites for hydroxylation is 1. The summed E-state index contributed by atoms with van der Waals surface area (Å²) in [6, 6.07) is 24.5. The maximum absolute atomic E-state index is 13.7. The normalized spacial score (nSPS) is 15.3. The van der Waals surface area contributed by atoms with Crippen molar-refractivity contribution in [2.24, 2.45) is 0 Å². The van der Waals surface area contributed by atoms with Gasteiger partial charge in [-0.15, -0.1) is 0 Å². The Bertz CT molecular complexity index is 1380. The molecule has 0 bridgehead atoms. The Labute approximate surface area is 250 Å². The first-order valence-electron chi connectivity index (χ1n) is 14.7. The van der Waals surface area contributed by atoms with Gasteiger partial charge in [-0.1, -0.05) is 49.6 Å². The summed E-state index contributed by atoms with van der Waals surface area (Å²) in [6.45, 7) is 3.50. The molecular weight excluding hydrogens is 575 g/mol. The molecule has 0 aromatic heterocycles. The Morgan fingerprint density at radius 2 is 1.33 bits per heavy atom. The molecule has 0 aliphatic heterocycles. The lowest BCUT2D eigenvalue weighted by atomic mass is 9.98. The van der Waals surface area contributed by atoms with E-state index in [9.17, 15) is 13.0 Å². The van der Waals surface area contributed by atoms with Gasteiger partial charge < -0.3 is 18.5 Å². The van der Waals surface area contributed by atoms with Crippen molar-refractivity contribution in [3.8, 4) is 23.0 Å². The Balaban J connectivity index is 1.39. The third-order valence-corrected chi connectivity index (χ3v) is 12.2. The van der Waals surface area contributed by atoms with Crippen LogP contribution in [-0.4, -0.2) is 32.7 Å². The van der Waals surface area contributed by atoms with Gasteiger partial charge in [0, 0.05) is 0 Å². The monoisotopic (exact) mass is 616 g/mol. The lowest BCUT2D eigenvalue weighted by Gasteiger charge is -2.28. The van der Waals surface area contributed by atoms with Crippen molar-refractivity contribution < 1.29 is 35.7 Å². The predicted molar refractivity (Wildman–Crippen MR) is 164 cm³/mol. The van der Waals surface area contributed by atoms with Crippen molar-refractivity contribution >= 4 is 17.7 Å². The van der Waals surface area contributed by atoms with Gasteiger partial charge in [0.15, 0.2) is 4.99 Å². The maximum atomic E-state index is 13.7. The molecule has 1 fully saturated rings. The summed E-state index contributed by atoms with van der Waals surface area (Å²) in [5.74, 6) is 2.78. The van der Waals surface area contributed by atoms with Crippen molar-refractivity contribution in [1.82, 2.24) is 0 Å². The zero-order chi connectivity index (χ0) is 29.8. The number of hydrogen-bond acceptors (Lipinski definition) is 8. The summed E-state index contributed by atoms with van der Waals surface area (Å²) in [4.78, 5) is -1.39. The summed E-state index contributed by atoms with van der Waals surface area (Å²) in [5, 5.41) is 0. The van der Waals surface area contributed by atoms with Gasteiger partial charge in [-0.05, 0) is 100 Å². The van der Waals surface area contributed by atoms with Crippen molar-refractivity contribution in [1.29, 1.82) is 0 Å². The van der Waals surface area contributed by atoms with E-state index in [2.05, 4.69) is 0 Å². The first-order valence-corrected chi connectivity index (χ1v) is 17.8. The summed E-state index contributed by atoms with van der Waals surface area (Å²) >= 11 is 0. The van der Waals surface area contributed by atoms with Crippen LogP contribution < -0.4 is 9.47 Å². The van der Waals surface area contributed by atoms with Crippen molar-refractivity contribution in [3.63, 3.8) is 0 Å². The van der Waals surface area contributed by atoms with Gasteiger partial charge in [0.2, 0.25) is 0 Å². The van der Waals surface area contributed by atoms with E-state index in [0.29, 0.717) is 42.9 Å². The summed E-state index contributed by atoms with van der Waals surface area (Å²) in [5.41, 5.74) is 0.962. The van der Waals surface area contributed by atoms with E-state index in [4.69, 9.17) is 22.7 Å². The van der Waals surface area contributed by atoms with Crippen molar-refractivity contribution in [2.45, 2.75) is 76.3 Å². The molecule has 0 spiro atoms. The highest BCUT2D eigenvalue weighted by atomic mass is 32.2. The molecule has 10 heteroatoms. The van der Waals surface area contributed by atoms with Crippen LogP contribution in [0.25, 0.3) is 0 Å². The van der Waals surface area contributed by atoms with E-state index >= 15 is 0 Å². The van der Waals surface area contributed by atoms with Crippen LogP contribution in [-0.2, 0) is 34.3 Å². The molecule has 0 heterocycles. The second-order valence-electron chi connectivity index (χ2n) is 10.2. The molecule has 1 saturated carbocycles. The molecule has 8 nitrogen and oxygen atoms in total. The third-order valence-electron chi connectivity index (χ3n) is 6.98. The van der Waals surface area contributed by atoms with E-state index < -0.39 is 28.8 Å². The molecule has 0 amide bonds. The first-order chi connectivity index (χ1) is 20.3. The Hall–Kier alpha value is -2.68. The van der Waals surface area contributed by atoms with E-state index in [1.54, 1.807) is 13.8 Å². The summed E-state index contributed by atoms with van der Waals surface area (Å²) < 4.78 is 69.1. The van der Waals surface area contributed by atoms with Crippen LogP contribution in [0.1, 0.15) is 64.4 Å². The quantitative estimate of drug-likeness (QED) is 0.116. The average molecular weight is 617 g/mol. The molecule has 228 valence electrons. The fourth-order valence-electron chi connectivity index (χ4n) is 5.02. The molecule has 1 aliphatic carbocycles. The minimum absolute atomic E-state index is 0.0749. The minimum atomic E-state index is -4.20. The fourth-order valence-corrected chi connectivity index (χ4v) is 9.58. The fraction of sp³-hybridized carbons (Fsp3) is 0.438. The average Bonchev–Trinajstić information content (AvgIpc) is 2.97. The van der Waals surface area contributed by atoms with Crippen LogP contribution in [0.15, 0.2) is 78.9 Å². The van der Waals surface area contributed by atoms with Gasteiger partial charge in [-0.2, -0.15) is 8.42 Å². The van der Waals surface area contributed by atoms with Crippen LogP contribution in [0.5, 0.6) is 23.0 Å². The highest BCUT2D eigenvalue weighted by Gasteiger charge is 2.46. The van der Waals surface area contributed by atoms with Crippen molar-refractivity contribution in [3.05, 3.63) is 84.4 Å². The Kier molecular flexibility index (Phi) is 12.0. The smallest absolute Gasteiger partial charge is 0.351 e. The largest absolute Gasteiger partial charge is 0.457 e. The predicted octanol–water partition coefficient (Wildman–Crippen LogP) is 8.87. The van der Waals surface area contributed by atoms with Gasteiger partial charge in [-0.25, -0.2) is 0 Å². The lowest BCUT2D eigenvalue weighted by Crippen LogP contribution is -2.31. The molecule has 4 rings (SSSR count). The van der Waals surface area contributed by atoms with E-state index in [1.807, 2.05) is 78.9 Å². The van der Waals surface area contributed by atoms with E-state index in [1.165, 1.54) is 0 Å². The zero-order valence-corrected chi connectivity index (χ0v) is 26.1. The molecule has 3 aromatic carbocycles. The molecule has 1 atom stereocenters. The first kappa shape index (κ1) is 32.2. The molecule has 0 radical (unpaired) electrons.